The van der Waals surface area contributed by atoms with Crippen molar-refractivity contribution in [1.82, 2.24) is 0 Å². The van der Waals surface area contributed by atoms with E-state index in [4.69, 9.17) is 13.9 Å². The van der Waals surface area contributed by atoms with Crippen LogP contribution in [0.4, 0.5) is 0 Å². The summed E-state index contributed by atoms with van der Waals surface area (Å²) in [6, 6.07) is 0. The SMILES string of the molecule is CCCCCCCCCCCC[C@H](O[Si](C)(C)C(C)(C)C)[C@@H]1CCC(OC(C)=O)O1. The summed E-state index contributed by atoms with van der Waals surface area (Å²) in [6.45, 7) is 15.2. The average Bonchev–Trinajstić information content (AvgIpc) is 3.09. The van der Waals surface area contributed by atoms with Crippen LogP contribution in [0.2, 0.25) is 18.1 Å². The lowest BCUT2D eigenvalue weighted by Crippen LogP contribution is -2.47. The highest BCUT2D eigenvalue weighted by Gasteiger charge is 2.42. The predicted molar refractivity (Wildman–Crippen MR) is 128 cm³/mol. The highest BCUT2D eigenvalue weighted by atomic mass is 28.4. The van der Waals surface area contributed by atoms with Crippen LogP contribution >= 0.6 is 0 Å². The molecule has 0 N–H and O–H groups in total. The largest absolute Gasteiger partial charge is 0.436 e. The highest BCUT2D eigenvalue weighted by Crippen LogP contribution is 2.39. The molecule has 30 heavy (non-hydrogen) atoms. The van der Waals surface area contributed by atoms with Gasteiger partial charge in [0.15, 0.2) is 8.32 Å². The molecule has 0 aromatic carbocycles. The van der Waals surface area contributed by atoms with Crippen LogP contribution < -0.4 is 0 Å². The molecule has 0 aromatic heterocycles. The lowest BCUT2D eigenvalue weighted by Gasteiger charge is -2.40. The van der Waals surface area contributed by atoms with Gasteiger partial charge in [-0.15, -0.1) is 0 Å². The Hall–Kier alpha value is -0.393. The molecular formula is C25H50O4Si. The van der Waals surface area contributed by atoms with Gasteiger partial charge in [0.2, 0.25) is 6.29 Å². The lowest BCUT2D eigenvalue weighted by atomic mass is 10.0. The van der Waals surface area contributed by atoms with Crippen molar-refractivity contribution in [2.24, 2.45) is 0 Å². The second kappa shape index (κ2) is 13.9. The third kappa shape index (κ3) is 10.8. The Labute approximate surface area is 187 Å². The standard InChI is InChI=1S/C25H50O4Si/c1-8-9-10-11-12-13-14-15-16-17-18-23(29-30(6,7)25(3,4)5)22-19-20-24(28-22)27-21(2)26/h22-24H,8-20H2,1-7H3/t22-,23-,24?/m0/s1. The maximum Gasteiger partial charge on any atom is 0.304 e. The summed E-state index contributed by atoms with van der Waals surface area (Å²) in [7, 11) is -1.87. The van der Waals surface area contributed by atoms with E-state index in [2.05, 4.69) is 40.8 Å². The normalized spacial score (nSPS) is 21.0. The monoisotopic (exact) mass is 442 g/mol. The van der Waals surface area contributed by atoms with Crippen LogP contribution in [-0.4, -0.2) is 32.8 Å². The molecular weight excluding hydrogens is 392 g/mol. The van der Waals surface area contributed by atoms with Gasteiger partial charge >= 0.3 is 5.97 Å². The summed E-state index contributed by atoms with van der Waals surface area (Å²) in [5.74, 6) is -0.266. The van der Waals surface area contributed by atoms with Crippen LogP contribution in [-0.2, 0) is 18.7 Å². The first kappa shape index (κ1) is 27.6. The van der Waals surface area contributed by atoms with Gasteiger partial charge in [-0.05, 0) is 31.0 Å². The summed E-state index contributed by atoms with van der Waals surface area (Å²) in [5.41, 5.74) is 0. The molecule has 4 nitrogen and oxygen atoms in total. The van der Waals surface area contributed by atoms with Crippen molar-refractivity contribution in [2.75, 3.05) is 0 Å². The first-order valence-corrected chi connectivity index (χ1v) is 15.5. The zero-order chi connectivity index (χ0) is 22.6. The number of rotatable bonds is 15. The molecule has 0 saturated carbocycles. The van der Waals surface area contributed by atoms with Crippen LogP contribution in [0.25, 0.3) is 0 Å². The highest BCUT2D eigenvalue weighted by molar-refractivity contribution is 6.74. The fourth-order valence-corrected chi connectivity index (χ4v) is 5.27. The predicted octanol–water partition coefficient (Wildman–Crippen LogP) is 7.76. The minimum atomic E-state index is -1.87. The van der Waals surface area contributed by atoms with Crippen LogP contribution in [0, 0.1) is 0 Å². The molecule has 1 aliphatic rings. The number of unbranched alkanes of at least 4 members (excludes halogenated alkanes) is 9. The number of hydrogen-bond acceptors (Lipinski definition) is 4. The van der Waals surface area contributed by atoms with E-state index in [1.807, 2.05) is 0 Å². The zero-order valence-corrected chi connectivity index (χ0v) is 22.1. The van der Waals surface area contributed by atoms with E-state index in [9.17, 15) is 4.79 Å². The van der Waals surface area contributed by atoms with Crippen molar-refractivity contribution in [2.45, 2.75) is 155 Å². The number of carbonyl (C=O) groups is 1. The topological polar surface area (TPSA) is 44.8 Å². The van der Waals surface area contributed by atoms with Crippen LogP contribution in [0.3, 0.4) is 0 Å². The Bertz CT molecular complexity index is 472. The first-order valence-electron chi connectivity index (χ1n) is 12.6. The van der Waals surface area contributed by atoms with Crippen molar-refractivity contribution in [3.63, 3.8) is 0 Å². The second-order valence-electron chi connectivity index (χ2n) is 10.7. The summed E-state index contributed by atoms with van der Waals surface area (Å²) in [6.07, 6.45) is 15.9. The van der Waals surface area contributed by atoms with E-state index in [0.29, 0.717) is 0 Å². The van der Waals surface area contributed by atoms with Gasteiger partial charge in [0.05, 0.1) is 12.2 Å². The van der Waals surface area contributed by atoms with E-state index in [-0.39, 0.29) is 23.2 Å². The third-order valence-electron chi connectivity index (χ3n) is 6.82. The fraction of sp³-hybridized carbons (Fsp3) is 0.960. The molecule has 0 spiro atoms. The van der Waals surface area contributed by atoms with E-state index in [1.54, 1.807) is 0 Å². The Morgan fingerprint density at radius 2 is 1.50 bits per heavy atom. The fourth-order valence-electron chi connectivity index (χ4n) is 3.89. The van der Waals surface area contributed by atoms with E-state index < -0.39 is 14.6 Å². The van der Waals surface area contributed by atoms with Crippen molar-refractivity contribution in [3.8, 4) is 0 Å². The van der Waals surface area contributed by atoms with Gasteiger partial charge in [0, 0.05) is 13.3 Å². The molecule has 0 aromatic rings. The van der Waals surface area contributed by atoms with Gasteiger partial charge < -0.3 is 13.9 Å². The zero-order valence-electron chi connectivity index (χ0n) is 21.1. The molecule has 1 heterocycles. The van der Waals surface area contributed by atoms with Gasteiger partial charge in [0.1, 0.15) is 0 Å². The van der Waals surface area contributed by atoms with E-state index in [1.165, 1.54) is 71.1 Å². The summed E-state index contributed by atoms with van der Waals surface area (Å²) in [4.78, 5) is 11.3. The number of carbonyl (C=O) groups excluding carboxylic acids is 1. The van der Waals surface area contributed by atoms with Crippen molar-refractivity contribution in [1.29, 1.82) is 0 Å². The Morgan fingerprint density at radius 1 is 0.967 bits per heavy atom. The second-order valence-corrected chi connectivity index (χ2v) is 15.4. The summed E-state index contributed by atoms with van der Waals surface area (Å²) in [5, 5.41) is 0.177. The molecule has 178 valence electrons. The Kier molecular flexibility index (Phi) is 12.8. The average molecular weight is 443 g/mol. The van der Waals surface area contributed by atoms with Crippen molar-refractivity contribution in [3.05, 3.63) is 0 Å². The minimum Gasteiger partial charge on any atom is -0.436 e. The molecule has 1 unspecified atom stereocenters. The molecule has 0 aliphatic carbocycles. The van der Waals surface area contributed by atoms with Gasteiger partial charge in [-0.25, -0.2) is 0 Å². The van der Waals surface area contributed by atoms with E-state index >= 15 is 0 Å². The Morgan fingerprint density at radius 3 is 2.00 bits per heavy atom. The number of ether oxygens (including phenoxy) is 2. The quantitative estimate of drug-likeness (QED) is 0.148. The van der Waals surface area contributed by atoms with Gasteiger partial charge in [-0.2, -0.15) is 0 Å². The molecule has 1 aliphatic heterocycles. The maximum absolute atomic E-state index is 11.3. The number of hydrogen-bond donors (Lipinski definition) is 0. The van der Waals surface area contributed by atoms with Crippen LogP contribution in [0.15, 0.2) is 0 Å². The molecule has 0 bridgehead atoms. The van der Waals surface area contributed by atoms with E-state index in [0.717, 1.165) is 19.3 Å². The van der Waals surface area contributed by atoms with Crippen LogP contribution in [0.1, 0.15) is 118 Å². The molecule has 1 fully saturated rings. The van der Waals surface area contributed by atoms with Crippen molar-refractivity contribution >= 4 is 14.3 Å². The maximum atomic E-state index is 11.3. The third-order valence-corrected chi connectivity index (χ3v) is 11.3. The molecule has 1 rings (SSSR count). The first-order chi connectivity index (χ1) is 14.1. The summed E-state index contributed by atoms with van der Waals surface area (Å²) >= 11 is 0. The molecule has 0 amide bonds. The van der Waals surface area contributed by atoms with Crippen LogP contribution in [0.5, 0.6) is 0 Å². The van der Waals surface area contributed by atoms with Gasteiger partial charge in [-0.1, -0.05) is 91.9 Å². The lowest BCUT2D eigenvalue weighted by molar-refractivity contribution is -0.178. The number of esters is 1. The summed E-state index contributed by atoms with van der Waals surface area (Å²) < 4.78 is 18.2. The molecule has 0 radical (unpaired) electrons. The molecule has 5 heteroatoms. The minimum absolute atomic E-state index is 0.0436. The van der Waals surface area contributed by atoms with Gasteiger partial charge in [0.25, 0.3) is 0 Å². The van der Waals surface area contributed by atoms with Crippen molar-refractivity contribution < 1.29 is 18.7 Å². The molecule has 1 saturated heterocycles. The smallest absolute Gasteiger partial charge is 0.304 e. The Balaban J connectivity index is 2.44. The molecule has 3 atom stereocenters. The van der Waals surface area contributed by atoms with Gasteiger partial charge in [-0.3, -0.25) is 4.79 Å².